The highest BCUT2D eigenvalue weighted by atomic mass is 35.5. The summed E-state index contributed by atoms with van der Waals surface area (Å²) in [6, 6.07) is 15.9. The number of hydrogen-bond donors (Lipinski definition) is 1. The fourth-order valence-corrected chi connectivity index (χ4v) is 5.13. The van der Waals surface area contributed by atoms with Crippen molar-refractivity contribution in [2.75, 3.05) is 0 Å². The maximum absolute atomic E-state index is 13.5. The van der Waals surface area contributed by atoms with Gasteiger partial charge in [-0.1, -0.05) is 41.9 Å². The van der Waals surface area contributed by atoms with Crippen LogP contribution in [0.2, 0.25) is 5.02 Å². The molecular formula is C21H16ClNO5S. The van der Waals surface area contributed by atoms with E-state index in [1.165, 1.54) is 18.2 Å². The van der Waals surface area contributed by atoms with E-state index in [9.17, 15) is 13.2 Å². The van der Waals surface area contributed by atoms with Crippen LogP contribution in [0.3, 0.4) is 0 Å². The molecule has 0 aliphatic carbocycles. The van der Waals surface area contributed by atoms with Crippen LogP contribution in [0.15, 0.2) is 85.6 Å². The maximum Gasteiger partial charge on any atom is 0.343 e. The van der Waals surface area contributed by atoms with E-state index >= 15 is 0 Å². The third-order valence-electron chi connectivity index (χ3n) is 4.63. The number of nitrogens with two attached hydrogens (primary N) is 1. The summed E-state index contributed by atoms with van der Waals surface area (Å²) in [5, 5.41) is 0.474. The van der Waals surface area contributed by atoms with Gasteiger partial charge in [-0.2, -0.15) is 0 Å². The molecule has 29 heavy (non-hydrogen) atoms. The number of rotatable bonds is 3. The predicted octanol–water partition coefficient (Wildman–Crippen LogP) is 3.73. The minimum atomic E-state index is -4.07. The zero-order valence-electron chi connectivity index (χ0n) is 15.3. The van der Waals surface area contributed by atoms with Crippen molar-refractivity contribution in [1.29, 1.82) is 0 Å². The standard InChI is InChI=1S/C21H16ClNO5S/c1-12-11-16-18(21(24)27-12)17(13-7-9-14(22)10-8-13)19(20(23)28-16)29(25,26)15-5-3-2-4-6-15/h2-11,17H,23H2,1H3. The fourth-order valence-electron chi connectivity index (χ4n) is 3.37. The number of aryl methyl sites for hydroxylation is 1. The number of allylic oxidation sites excluding steroid dienone is 1. The molecule has 1 aliphatic rings. The van der Waals surface area contributed by atoms with Crippen molar-refractivity contribution in [3.8, 4) is 5.75 Å². The lowest BCUT2D eigenvalue weighted by Crippen LogP contribution is -2.30. The molecule has 2 N–H and O–H groups in total. The van der Waals surface area contributed by atoms with E-state index in [0.717, 1.165) is 0 Å². The Hall–Kier alpha value is -3.03. The first-order valence-corrected chi connectivity index (χ1v) is 10.5. The van der Waals surface area contributed by atoms with Gasteiger partial charge in [0.15, 0.2) is 0 Å². The van der Waals surface area contributed by atoms with E-state index in [2.05, 4.69) is 0 Å². The van der Waals surface area contributed by atoms with E-state index in [0.29, 0.717) is 16.3 Å². The summed E-state index contributed by atoms with van der Waals surface area (Å²) in [6.45, 7) is 1.60. The molecule has 8 heteroatoms. The van der Waals surface area contributed by atoms with E-state index in [1.54, 1.807) is 49.4 Å². The topological polar surface area (TPSA) is 99.6 Å². The minimum Gasteiger partial charge on any atom is -0.440 e. The van der Waals surface area contributed by atoms with Crippen LogP contribution in [-0.4, -0.2) is 8.42 Å². The number of halogens is 1. The average Bonchev–Trinajstić information content (AvgIpc) is 2.67. The van der Waals surface area contributed by atoms with Crippen molar-refractivity contribution in [3.63, 3.8) is 0 Å². The van der Waals surface area contributed by atoms with Crippen LogP contribution in [0.5, 0.6) is 5.75 Å². The van der Waals surface area contributed by atoms with Crippen LogP contribution in [0, 0.1) is 6.92 Å². The van der Waals surface area contributed by atoms with Crippen LogP contribution in [0.1, 0.15) is 22.8 Å². The molecule has 0 saturated heterocycles. The monoisotopic (exact) mass is 429 g/mol. The molecule has 1 aliphatic heterocycles. The van der Waals surface area contributed by atoms with Gasteiger partial charge in [0.1, 0.15) is 16.4 Å². The zero-order valence-corrected chi connectivity index (χ0v) is 16.8. The number of ether oxygens (including phenoxy) is 1. The quantitative estimate of drug-likeness (QED) is 0.681. The van der Waals surface area contributed by atoms with E-state index in [1.807, 2.05) is 0 Å². The van der Waals surface area contributed by atoms with Crippen LogP contribution in [0.25, 0.3) is 0 Å². The predicted molar refractivity (Wildman–Crippen MR) is 108 cm³/mol. The molecule has 0 fully saturated rings. The highest BCUT2D eigenvalue weighted by Gasteiger charge is 2.41. The molecule has 0 bridgehead atoms. The second kappa shape index (κ2) is 7.09. The maximum atomic E-state index is 13.5. The molecule has 148 valence electrons. The average molecular weight is 430 g/mol. The molecule has 6 nitrogen and oxygen atoms in total. The first kappa shape index (κ1) is 19.3. The number of benzene rings is 2. The van der Waals surface area contributed by atoms with Gasteiger partial charge in [-0.05, 0) is 36.8 Å². The third-order valence-corrected chi connectivity index (χ3v) is 6.79. The molecule has 1 atom stereocenters. The van der Waals surface area contributed by atoms with Crippen molar-refractivity contribution < 1.29 is 17.6 Å². The molecule has 0 saturated carbocycles. The number of fused-ring (bicyclic) bond motifs is 1. The van der Waals surface area contributed by atoms with Crippen LogP contribution in [0.4, 0.5) is 0 Å². The Labute approximate surface area is 172 Å². The van der Waals surface area contributed by atoms with Gasteiger partial charge in [0.2, 0.25) is 15.7 Å². The van der Waals surface area contributed by atoms with Gasteiger partial charge in [0, 0.05) is 11.1 Å². The van der Waals surface area contributed by atoms with Gasteiger partial charge >= 0.3 is 5.63 Å². The normalized spacial score (nSPS) is 16.3. The highest BCUT2D eigenvalue weighted by molar-refractivity contribution is 7.95. The molecule has 0 radical (unpaired) electrons. The lowest BCUT2D eigenvalue weighted by atomic mass is 9.90. The smallest absolute Gasteiger partial charge is 0.343 e. The summed E-state index contributed by atoms with van der Waals surface area (Å²) < 4.78 is 37.7. The van der Waals surface area contributed by atoms with Crippen molar-refractivity contribution in [2.24, 2.45) is 5.73 Å². The summed E-state index contributed by atoms with van der Waals surface area (Å²) in [4.78, 5) is 12.5. The molecule has 3 aromatic rings. The van der Waals surface area contributed by atoms with Gasteiger partial charge in [-0.15, -0.1) is 0 Å². The largest absolute Gasteiger partial charge is 0.440 e. The Balaban J connectivity index is 2.03. The molecule has 2 heterocycles. The lowest BCUT2D eigenvalue weighted by Gasteiger charge is -2.28. The van der Waals surface area contributed by atoms with Gasteiger partial charge in [-0.3, -0.25) is 0 Å². The van der Waals surface area contributed by atoms with E-state index in [-0.39, 0.29) is 27.0 Å². The summed E-state index contributed by atoms with van der Waals surface area (Å²) in [5.41, 5.74) is 6.00. The Morgan fingerprint density at radius 2 is 1.69 bits per heavy atom. The third kappa shape index (κ3) is 3.32. The first-order chi connectivity index (χ1) is 13.8. The fraction of sp³-hybridized carbons (Fsp3) is 0.0952. The summed E-state index contributed by atoms with van der Waals surface area (Å²) in [7, 11) is -4.07. The molecular weight excluding hydrogens is 414 g/mol. The van der Waals surface area contributed by atoms with Crippen molar-refractivity contribution in [3.05, 3.63) is 104 Å². The van der Waals surface area contributed by atoms with Gasteiger partial charge in [0.05, 0.1) is 16.4 Å². The van der Waals surface area contributed by atoms with Crippen LogP contribution in [-0.2, 0) is 9.84 Å². The summed E-state index contributed by atoms with van der Waals surface area (Å²) >= 11 is 5.99. The van der Waals surface area contributed by atoms with Gasteiger partial charge in [-0.25, -0.2) is 13.2 Å². The second-order valence-electron chi connectivity index (χ2n) is 6.55. The van der Waals surface area contributed by atoms with Crippen molar-refractivity contribution in [1.82, 2.24) is 0 Å². The Morgan fingerprint density at radius 1 is 1.03 bits per heavy atom. The first-order valence-electron chi connectivity index (χ1n) is 8.67. The van der Waals surface area contributed by atoms with E-state index in [4.69, 9.17) is 26.5 Å². The lowest BCUT2D eigenvalue weighted by molar-refractivity contribution is 0.372. The minimum absolute atomic E-state index is 0.0421. The Morgan fingerprint density at radius 3 is 2.34 bits per heavy atom. The van der Waals surface area contributed by atoms with Gasteiger partial charge in [0.25, 0.3) is 0 Å². The summed E-state index contributed by atoms with van der Waals surface area (Å²) in [5.74, 6) is -0.793. The van der Waals surface area contributed by atoms with Crippen molar-refractivity contribution in [2.45, 2.75) is 17.7 Å². The second-order valence-corrected chi connectivity index (χ2v) is 8.91. The zero-order chi connectivity index (χ0) is 20.8. The Kier molecular flexibility index (Phi) is 4.72. The van der Waals surface area contributed by atoms with Crippen LogP contribution >= 0.6 is 11.6 Å². The summed E-state index contributed by atoms with van der Waals surface area (Å²) in [6.07, 6.45) is 0. The number of hydrogen-bond acceptors (Lipinski definition) is 6. The molecule has 2 aromatic carbocycles. The Bertz CT molecular complexity index is 1280. The van der Waals surface area contributed by atoms with Crippen molar-refractivity contribution >= 4 is 21.4 Å². The molecule has 0 spiro atoms. The number of sulfone groups is 1. The SMILES string of the molecule is Cc1cc2c(c(=O)o1)C(c1ccc(Cl)cc1)C(S(=O)(=O)c1ccccc1)=C(N)O2. The molecule has 0 amide bonds. The molecule has 4 rings (SSSR count). The highest BCUT2D eigenvalue weighted by Crippen LogP contribution is 2.44. The van der Waals surface area contributed by atoms with Gasteiger partial charge < -0.3 is 14.9 Å². The van der Waals surface area contributed by atoms with Crippen LogP contribution < -0.4 is 16.1 Å². The van der Waals surface area contributed by atoms with E-state index < -0.39 is 21.4 Å². The molecule has 1 unspecified atom stereocenters. The molecule has 1 aromatic heterocycles.